The fourth-order valence-electron chi connectivity index (χ4n) is 3.01. The Hall–Kier alpha value is -2.80. The summed E-state index contributed by atoms with van der Waals surface area (Å²) >= 11 is 0. The van der Waals surface area contributed by atoms with E-state index in [0.717, 1.165) is 12.1 Å². The van der Waals surface area contributed by atoms with Crippen LogP contribution in [0.4, 0.5) is 5.69 Å². The van der Waals surface area contributed by atoms with Crippen molar-refractivity contribution in [3.63, 3.8) is 0 Å². The molecule has 3 aromatic carbocycles. The summed E-state index contributed by atoms with van der Waals surface area (Å²) in [5.74, 6) is 0. The van der Waals surface area contributed by atoms with Gasteiger partial charge in [-0.3, -0.25) is 0 Å². The van der Waals surface area contributed by atoms with E-state index in [0.29, 0.717) is 0 Å². The third kappa shape index (κ3) is 3.75. The number of fused-ring (bicyclic) bond motifs is 3. The van der Waals surface area contributed by atoms with Gasteiger partial charge in [-0.25, -0.2) is 0 Å². The van der Waals surface area contributed by atoms with E-state index in [1.54, 1.807) is 0 Å². The van der Waals surface area contributed by atoms with E-state index in [4.69, 9.17) is 5.73 Å². The quantitative estimate of drug-likeness (QED) is 0.432. The van der Waals surface area contributed by atoms with Gasteiger partial charge >= 0.3 is 0 Å². The first-order chi connectivity index (χ1) is 11.6. The van der Waals surface area contributed by atoms with Gasteiger partial charge in [-0.1, -0.05) is 72.3 Å². The fraction of sp³-hybridized carbons (Fsp3) is 0.130. The molecule has 0 atom stereocenters. The molecular weight excluding hydrogens is 290 g/mol. The van der Waals surface area contributed by atoms with Gasteiger partial charge in [0.2, 0.25) is 0 Å². The van der Waals surface area contributed by atoms with Gasteiger partial charge in [-0.15, -0.1) is 0 Å². The van der Waals surface area contributed by atoms with Crippen LogP contribution in [0.1, 0.15) is 30.5 Å². The minimum absolute atomic E-state index is 0.816. The lowest BCUT2D eigenvalue weighted by atomic mass is 10.1. The van der Waals surface area contributed by atoms with E-state index < -0.39 is 0 Å². The Morgan fingerprint density at radius 1 is 0.750 bits per heavy atom. The summed E-state index contributed by atoms with van der Waals surface area (Å²) in [5, 5.41) is 0. The van der Waals surface area contributed by atoms with Crippen LogP contribution < -0.4 is 5.73 Å². The molecule has 0 spiro atoms. The van der Waals surface area contributed by atoms with Gasteiger partial charge in [0.25, 0.3) is 0 Å². The average molecular weight is 313 g/mol. The largest absolute Gasteiger partial charge is 0.399 e. The highest BCUT2D eigenvalue weighted by atomic mass is 14.5. The molecule has 2 N–H and O–H groups in total. The third-order valence-electron chi connectivity index (χ3n) is 4.10. The first-order valence-electron chi connectivity index (χ1n) is 8.30. The van der Waals surface area contributed by atoms with Crippen molar-refractivity contribution in [2.75, 3.05) is 5.73 Å². The van der Waals surface area contributed by atoms with Crippen LogP contribution in [0, 0.1) is 0 Å². The van der Waals surface area contributed by atoms with Gasteiger partial charge in [-0.05, 0) is 60.2 Å². The molecule has 0 unspecified atom stereocenters. The maximum absolute atomic E-state index is 5.54. The van der Waals surface area contributed by atoms with Gasteiger partial charge in [0.05, 0.1) is 0 Å². The summed E-state index contributed by atoms with van der Waals surface area (Å²) in [6.45, 7) is 4.16. The minimum atomic E-state index is 0.816. The number of nitrogen functional groups attached to an aromatic ring is 1. The number of hydrogen-bond donors (Lipinski definition) is 1. The second-order valence-electron chi connectivity index (χ2n) is 6.38. The van der Waals surface area contributed by atoms with Gasteiger partial charge in [0.15, 0.2) is 0 Å². The Labute approximate surface area is 144 Å². The smallest absolute Gasteiger partial charge is 0.0314 e. The molecule has 0 fully saturated rings. The Kier molecular flexibility index (Phi) is 4.81. The standard InChI is InChI=1S/C13H10.C10H13N/c1-3-7-12-10(5-1)9-11-6-2-4-8-13(11)12;1-8(2)7-9-3-5-10(11)6-4-9/h1-8H,9H2;3-7H,11H2,1-2H3. The van der Waals surface area contributed by atoms with E-state index in [9.17, 15) is 0 Å². The van der Waals surface area contributed by atoms with Gasteiger partial charge in [-0.2, -0.15) is 0 Å². The summed E-state index contributed by atoms with van der Waals surface area (Å²) in [4.78, 5) is 0. The number of hydrogen-bond acceptors (Lipinski definition) is 1. The molecule has 4 rings (SSSR count). The van der Waals surface area contributed by atoms with Crippen molar-refractivity contribution in [1.29, 1.82) is 0 Å². The van der Waals surface area contributed by atoms with Crippen LogP contribution in [-0.4, -0.2) is 0 Å². The molecule has 1 aliphatic rings. The average Bonchev–Trinajstić information content (AvgIpc) is 2.96. The first kappa shape index (κ1) is 16.1. The molecule has 24 heavy (non-hydrogen) atoms. The van der Waals surface area contributed by atoms with Crippen LogP contribution in [0.25, 0.3) is 17.2 Å². The Morgan fingerprint density at radius 2 is 1.25 bits per heavy atom. The van der Waals surface area contributed by atoms with Crippen molar-refractivity contribution in [1.82, 2.24) is 0 Å². The van der Waals surface area contributed by atoms with E-state index >= 15 is 0 Å². The van der Waals surface area contributed by atoms with Gasteiger partial charge < -0.3 is 5.73 Å². The SMILES string of the molecule is CC(C)=Cc1ccc(N)cc1.c1ccc2c(c1)Cc1ccccc1-2. The van der Waals surface area contributed by atoms with E-state index in [1.165, 1.54) is 33.4 Å². The lowest BCUT2D eigenvalue weighted by Gasteiger charge is -1.98. The summed E-state index contributed by atoms with van der Waals surface area (Å²) < 4.78 is 0. The Balaban J connectivity index is 0.000000144. The zero-order valence-corrected chi connectivity index (χ0v) is 14.3. The highest BCUT2D eigenvalue weighted by molar-refractivity contribution is 5.76. The molecule has 0 amide bonds. The highest BCUT2D eigenvalue weighted by Crippen LogP contribution is 2.35. The molecule has 0 aliphatic heterocycles. The third-order valence-corrected chi connectivity index (χ3v) is 4.10. The molecule has 120 valence electrons. The maximum atomic E-state index is 5.54. The van der Waals surface area contributed by atoms with Crippen LogP contribution in [0.5, 0.6) is 0 Å². The highest BCUT2D eigenvalue weighted by Gasteiger charge is 2.15. The van der Waals surface area contributed by atoms with Crippen molar-refractivity contribution < 1.29 is 0 Å². The normalized spacial score (nSPS) is 10.9. The van der Waals surface area contributed by atoms with Gasteiger partial charge in [0, 0.05) is 5.69 Å². The molecule has 0 saturated heterocycles. The van der Waals surface area contributed by atoms with E-state index in [2.05, 4.69) is 68.5 Å². The molecule has 0 heterocycles. The van der Waals surface area contributed by atoms with Crippen molar-refractivity contribution in [2.24, 2.45) is 0 Å². The predicted octanol–water partition coefficient (Wildman–Crippen LogP) is 5.95. The maximum Gasteiger partial charge on any atom is 0.0314 e. The van der Waals surface area contributed by atoms with Crippen LogP contribution in [0.3, 0.4) is 0 Å². The van der Waals surface area contributed by atoms with Crippen LogP contribution in [0.15, 0.2) is 78.4 Å². The van der Waals surface area contributed by atoms with Gasteiger partial charge in [0.1, 0.15) is 0 Å². The Morgan fingerprint density at radius 3 is 1.75 bits per heavy atom. The number of allylic oxidation sites excluding steroid dienone is 1. The number of nitrogens with two attached hydrogens (primary N) is 1. The molecular formula is C23H23N. The summed E-state index contributed by atoms with van der Waals surface area (Å²) in [6.07, 6.45) is 3.23. The number of rotatable bonds is 1. The topological polar surface area (TPSA) is 26.0 Å². The number of benzene rings is 3. The lowest BCUT2D eigenvalue weighted by molar-refractivity contribution is 1.26. The van der Waals surface area contributed by atoms with E-state index in [1.807, 2.05) is 24.3 Å². The fourth-order valence-corrected chi connectivity index (χ4v) is 3.01. The zero-order chi connectivity index (χ0) is 16.9. The molecule has 1 heteroatoms. The molecule has 1 aliphatic carbocycles. The van der Waals surface area contributed by atoms with Crippen LogP contribution in [0.2, 0.25) is 0 Å². The lowest BCUT2D eigenvalue weighted by Crippen LogP contribution is -1.82. The van der Waals surface area contributed by atoms with Crippen LogP contribution >= 0.6 is 0 Å². The predicted molar refractivity (Wildman–Crippen MR) is 105 cm³/mol. The van der Waals surface area contributed by atoms with Crippen molar-refractivity contribution in [3.05, 3.63) is 95.1 Å². The monoisotopic (exact) mass is 313 g/mol. The molecule has 3 aromatic rings. The second-order valence-corrected chi connectivity index (χ2v) is 6.38. The second kappa shape index (κ2) is 7.18. The summed E-state index contributed by atoms with van der Waals surface area (Å²) in [5.41, 5.74) is 14.6. The summed E-state index contributed by atoms with van der Waals surface area (Å²) in [6, 6.07) is 25.2. The van der Waals surface area contributed by atoms with Crippen molar-refractivity contribution >= 4 is 11.8 Å². The van der Waals surface area contributed by atoms with E-state index in [-0.39, 0.29) is 0 Å². The molecule has 0 bridgehead atoms. The zero-order valence-electron chi connectivity index (χ0n) is 14.3. The van der Waals surface area contributed by atoms with Crippen LogP contribution in [-0.2, 0) is 6.42 Å². The Bertz CT molecular complexity index is 810. The summed E-state index contributed by atoms with van der Waals surface area (Å²) in [7, 11) is 0. The molecule has 0 aromatic heterocycles. The molecule has 1 nitrogen and oxygen atoms in total. The van der Waals surface area contributed by atoms with Crippen molar-refractivity contribution in [3.8, 4) is 11.1 Å². The first-order valence-corrected chi connectivity index (χ1v) is 8.30. The number of anilines is 1. The van der Waals surface area contributed by atoms with Crippen molar-refractivity contribution in [2.45, 2.75) is 20.3 Å². The molecule has 0 radical (unpaired) electrons. The molecule has 0 saturated carbocycles. The minimum Gasteiger partial charge on any atom is -0.399 e.